The number of nitrogens with two attached hydrogens (primary N) is 1. The van der Waals surface area contributed by atoms with Crippen molar-refractivity contribution in [3.63, 3.8) is 0 Å². The van der Waals surface area contributed by atoms with Crippen LogP contribution in [0.3, 0.4) is 0 Å². The van der Waals surface area contributed by atoms with Crippen LogP contribution < -0.4 is 5.73 Å². The molecule has 0 aromatic heterocycles. The minimum Gasteiger partial charge on any atom is -0.462 e. The van der Waals surface area contributed by atoms with Gasteiger partial charge in [0.2, 0.25) is 0 Å². The van der Waals surface area contributed by atoms with Crippen LogP contribution in [0.5, 0.6) is 0 Å². The second kappa shape index (κ2) is 4.09. The van der Waals surface area contributed by atoms with Crippen LogP contribution in [0.4, 0.5) is 0 Å². The number of hydrogen-bond donors (Lipinski definition) is 1. The van der Waals surface area contributed by atoms with Gasteiger partial charge in [-0.05, 0) is 39.5 Å². The maximum atomic E-state index is 11.5. The molecule has 0 radical (unpaired) electrons. The highest BCUT2D eigenvalue weighted by Crippen LogP contribution is 2.24. The number of carbonyl (C=O) groups excluding carboxylic acids is 1. The zero-order chi connectivity index (χ0) is 9.90. The van der Waals surface area contributed by atoms with Crippen LogP contribution in [-0.4, -0.2) is 18.6 Å². The average molecular weight is 185 g/mol. The van der Waals surface area contributed by atoms with E-state index in [2.05, 4.69) is 0 Å². The number of esters is 1. The van der Waals surface area contributed by atoms with Gasteiger partial charge in [0.1, 0.15) is 6.10 Å². The standard InChI is InChI=1S/C10H19NO2/c1-10(2,7-11)9(12)13-8-5-3-4-6-8/h8H,3-7,11H2,1-2H3. The van der Waals surface area contributed by atoms with Gasteiger partial charge in [0.05, 0.1) is 5.41 Å². The molecule has 0 atom stereocenters. The Morgan fingerprint density at radius 3 is 2.46 bits per heavy atom. The van der Waals surface area contributed by atoms with Crippen molar-refractivity contribution in [2.45, 2.75) is 45.6 Å². The summed E-state index contributed by atoms with van der Waals surface area (Å²) in [5.41, 5.74) is 4.96. The van der Waals surface area contributed by atoms with Crippen LogP contribution in [-0.2, 0) is 9.53 Å². The van der Waals surface area contributed by atoms with Crippen LogP contribution in [0.1, 0.15) is 39.5 Å². The number of rotatable bonds is 3. The summed E-state index contributed by atoms with van der Waals surface area (Å²) in [6.07, 6.45) is 4.55. The summed E-state index contributed by atoms with van der Waals surface area (Å²) in [6.45, 7) is 3.99. The maximum Gasteiger partial charge on any atom is 0.313 e. The third kappa shape index (κ3) is 2.69. The van der Waals surface area contributed by atoms with E-state index < -0.39 is 5.41 Å². The Morgan fingerprint density at radius 2 is 2.00 bits per heavy atom. The first-order chi connectivity index (χ1) is 6.06. The van der Waals surface area contributed by atoms with Crippen LogP contribution in [0, 0.1) is 5.41 Å². The van der Waals surface area contributed by atoms with Gasteiger partial charge in [-0.15, -0.1) is 0 Å². The lowest BCUT2D eigenvalue weighted by atomic mass is 9.94. The number of ether oxygens (including phenoxy) is 1. The van der Waals surface area contributed by atoms with E-state index >= 15 is 0 Å². The van der Waals surface area contributed by atoms with E-state index in [1.165, 1.54) is 12.8 Å². The monoisotopic (exact) mass is 185 g/mol. The molecule has 0 bridgehead atoms. The lowest BCUT2D eigenvalue weighted by Gasteiger charge is -2.22. The summed E-state index contributed by atoms with van der Waals surface area (Å²) in [5, 5.41) is 0. The molecular formula is C10H19NO2. The van der Waals surface area contributed by atoms with Crippen LogP contribution >= 0.6 is 0 Å². The van der Waals surface area contributed by atoms with Crippen molar-refractivity contribution in [1.29, 1.82) is 0 Å². The van der Waals surface area contributed by atoms with Gasteiger partial charge < -0.3 is 10.5 Å². The predicted molar refractivity (Wildman–Crippen MR) is 51.2 cm³/mol. The van der Waals surface area contributed by atoms with Crippen LogP contribution in [0.2, 0.25) is 0 Å². The van der Waals surface area contributed by atoms with E-state index in [-0.39, 0.29) is 12.1 Å². The van der Waals surface area contributed by atoms with Gasteiger partial charge in [0.25, 0.3) is 0 Å². The van der Waals surface area contributed by atoms with E-state index in [1.54, 1.807) is 0 Å². The molecule has 0 spiro atoms. The summed E-state index contributed by atoms with van der Waals surface area (Å²) >= 11 is 0. The molecule has 0 saturated heterocycles. The molecule has 1 rings (SSSR count). The van der Waals surface area contributed by atoms with Gasteiger partial charge in [-0.3, -0.25) is 4.79 Å². The molecule has 1 fully saturated rings. The van der Waals surface area contributed by atoms with Gasteiger partial charge in [0, 0.05) is 6.54 Å². The summed E-state index contributed by atoms with van der Waals surface area (Å²) < 4.78 is 5.35. The van der Waals surface area contributed by atoms with Gasteiger partial charge in [0.15, 0.2) is 0 Å². The van der Waals surface area contributed by atoms with Crippen LogP contribution in [0.15, 0.2) is 0 Å². The van der Waals surface area contributed by atoms with Crippen molar-refractivity contribution < 1.29 is 9.53 Å². The fourth-order valence-electron chi connectivity index (χ4n) is 1.40. The molecule has 0 aliphatic heterocycles. The first kappa shape index (κ1) is 10.5. The fourth-order valence-corrected chi connectivity index (χ4v) is 1.40. The molecule has 0 aromatic rings. The first-order valence-electron chi connectivity index (χ1n) is 4.97. The van der Waals surface area contributed by atoms with Crippen molar-refractivity contribution in [1.82, 2.24) is 0 Å². The molecular weight excluding hydrogens is 166 g/mol. The maximum absolute atomic E-state index is 11.5. The molecule has 3 heteroatoms. The van der Waals surface area contributed by atoms with Crippen molar-refractivity contribution in [2.75, 3.05) is 6.54 Å². The minimum absolute atomic E-state index is 0.151. The predicted octanol–water partition coefficient (Wildman–Crippen LogP) is 1.46. The van der Waals surface area contributed by atoms with Gasteiger partial charge in [-0.25, -0.2) is 0 Å². The molecule has 13 heavy (non-hydrogen) atoms. The lowest BCUT2D eigenvalue weighted by molar-refractivity contribution is -0.158. The molecule has 1 aliphatic carbocycles. The largest absolute Gasteiger partial charge is 0.462 e. The SMILES string of the molecule is CC(C)(CN)C(=O)OC1CCCC1. The smallest absolute Gasteiger partial charge is 0.313 e. The summed E-state index contributed by atoms with van der Waals surface area (Å²) in [6, 6.07) is 0. The normalized spacial score (nSPS) is 19.0. The highest BCUT2D eigenvalue weighted by atomic mass is 16.5. The Kier molecular flexibility index (Phi) is 3.31. The van der Waals surface area contributed by atoms with Crippen molar-refractivity contribution in [3.05, 3.63) is 0 Å². The van der Waals surface area contributed by atoms with E-state index in [9.17, 15) is 4.79 Å². The Balaban J connectivity index is 2.39. The summed E-state index contributed by atoms with van der Waals surface area (Å²) in [4.78, 5) is 11.5. The molecule has 0 amide bonds. The van der Waals surface area contributed by atoms with Crippen molar-refractivity contribution in [3.8, 4) is 0 Å². The van der Waals surface area contributed by atoms with Gasteiger partial charge in [-0.2, -0.15) is 0 Å². The number of hydrogen-bond acceptors (Lipinski definition) is 3. The molecule has 76 valence electrons. The van der Waals surface area contributed by atoms with E-state index in [0.29, 0.717) is 6.54 Å². The lowest BCUT2D eigenvalue weighted by Crippen LogP contribution is -2.36. The Labute approximate surface area is 79.6 Å². The Morgan fingerprint density at radius 1 is 1.46 bits per heavy atom. The van der Waals surface area contributed by atoms with E-state index in [1.807, 2.05) is 13.8 Å². The topological polar surface area (TPSA) is 52.3 Å². The third-order valence-corrected chi connectivity index (χ3v) is 2.64. The quantitative estimate of drug-likeness (QED) is 0.677. The zero-order valence-corrected chi connectivity index (χ0v) is 8.51. The van der Waals surface area contributed by atoms with Crippen molar-refractivity contribution >= 4 is 5.97 Å². The second-order valence-corrected chi connectivity index (χ2v) is 4.40. The third-order valence-electron chi connectivity index (χ3n) is 2.64. The van der Waals surface area contributed by atoms with Gasteiger partial charge >= 0.3 is 5.97 Å². The molecule has 0 unspecified atom stereocenters. The molecule has 0 heterocycles. The Hall–Kier alpha value is -0.570. The van der Waals surface area contributed by atoms with E-state index in [0.717, 1.165) is 12.8 Å². The highest BCUT2D eigenvalue weighted by molar-refractivity contribution is 5.76. The number of carbonyl (C=O) groups is 1. The highest BCUT2D eigenvalue weighted by Gasteiger charge is 2.30. The average Bonchev–Trinajstić information content (AvgIpc) is 2.57. The first-order valence-corrected chi connectivity index (χ1v) is 4.97. The van der Waals surface area contributed by atoms with Crippen molar-refractivity contribution in [2.24, 2.45) is 11.1 Å². The molecule has 1 saturated carbocycles. The molecule has 2 N–H and O–H groups in total. The van der Waals surface area contributed by atoms with Crippen LogP contribution in [0.25, 0.3) is 0 Å². The summed E-state index contributed by atoms with van der Waals surface area (Å²) in [7, 11) is 0. The van der Waals surface area contributed by atoms with E-state index in [4.69, 9.17) is 10.5 Å². The molecule has 1 aliphatic rings. The molecule has 3 nitrogen and oxygen atoms in total. The minimum atomic E-state index is -0.525. The second-order valence-electron chi connectivity index (χ2n) is 4.40. The fraction of sp³-hybridized carbons (Fsp3) is 0.900. The Bertz CT molecular complexity index is 183. The summed E-state index contributed by atoms with van der Waals surface area (Å²) in [5.74, 6) is -0.151. The molecule has 0 aromatic carbocycles. The van der Waals surface area contributed by atoms with Gasteiger partial charge in [-0.1, -0.05) is 0 Å². The zero-order valence-electron chi connectivity index (χ0n) is 8.51.